The van der Waals surface area contributed by atoms with Crippen molar-refractivity contribution in [1.29, 1.82) is 0 Å². The number of hydrogen-bond donors (Lipinski definition) is 2. The van der Waals surface area contributed by atoms with E-state index in [1.807, 2.05) is 25.1 Å². The highest BCUT2D eigenvalue weighted by atomic mass is 15.2. The fraction of sp³-hybridized carbons (Fsp3) is 0.400. The molecule has 0 aliphatic carbocycles. The molecule has 134 valence electrons. The summed E-state index contributed by atoms with van der Waals surface area (Å²) in [6.07, 6.45) is 0. The van der Waals surface area contributed by atoms with E-state index in [0.29, 0.717) is 6.54 Å². The Kier molecular flexibility index (Phi) is 7.26. The second-order valence-electron chi connectivity index (χ2n) is 6.04. The smallest absolute Gasteiger partial charge is 0.191 e. The number of aryl methyl sites for hydroxylation is 2. The Morgan fingerprint density at radius 2 is 1.92 bits per heavy atom. The average molecular weight is 339 g/mol. The van der Waals surface area contributed by atoms with E-state index in [-0.39, 0.29) is 0 Å². The van der Waals surface area contributed by atoms with Crippen LogP contribution in [-0.2, 0) is 6.54 Å². The molecular weight excluding hydrogens is 310 g/mol. The highest BCUT2D eigenvalue weighted by Crippen LogP contribution is 2.14. The summed E-state index contributed by atoms with van der Waals surface area (Å²) in [5.41, 5.74) is 4.58. The minimum atomic E-state index is 0.663. The first-order valence-corrected chi connectivity index (χ1v) is 8.81. The van der Waals surface area contributed by atoms with Gasteiger partial charge in [0.25, 0.3) is 0 Å². The molecule has 0 radical (unpaired) electrons. The van der Waals surface area contributed by atoms with Crippen molar-refractivity contribution in [3.05, 3.63) is 59.4 Å². The maximum absolute atomic E-state index is 4.50. The van der Waals surface area contributed by atoms with Gasteiger partial charge in [-0.15, -0.1) is 0 Å². The maximum Gasteiger partial charge on any atom is 0.191 e. The molecule has 0 fully saturated rings. The third-order valence-electron chi connectivity index (χ3n) is 4.03. The van der Waals surface area contributed by atoms with Gasteiger partial charge in [-0.1, -0.05) is 18.2 Å². The fourth-order valence-corrected chi connectivity index (χ4v) is 2.70. The molecule has 2 aromatic rings. The standard InChI is InChI=1S/C20H29N5/c1-5-25(19-11-6-8-16(2)14-19)13-12-22-20(21-4)23-15-18-10-7-9-17(3)24-18/h6-11,14H,5,12-13,15H2,1-4H3,(H2,21,22,23). The van der Waals surface area contributed by atoms with E-state index in [2.05, 4.69) is 63.6 Å². The van der Waals surface area contributed by atoms with E-state index >= 15 is 0 Å². The number of nitrogens with zero attached hydrogens (tertiary/aromatic N) is 3. The molecule has 5 heteroatoms. The second-order valence-corrected chi connectivity index (χ2v) is 6.04. The van der Waals surface area contributed by atoms with Gasteiger partial charge < -0.3 is 15.5 Å². The number of likely N-dealkylation sites (N-methyl/N-ethyl adjacent to an activating group) is 1. The zero-order valence-corrected chi connectivity index (χ0v) is 15.7. The van der Waals surface area contributed by atoms with Crippen LogP contribution < -0.4 is 15.5 Å². The third kappa shape index (κ3) is 6.10. The van der Waals surface area contributed by atoms with Crippen molar-refractivity contribution in [2.24, 2.45) is 4.99 Å². The average Bonchev–Trinajstić information content (AvgIpc) is 2.61. The van der Waals surface area contributed by atoms with Crippen molar-refractivity contribution in [1.82, 2.24) is 15.6 Å². The molecule has 25 heavy (non-hydrogen) atoms. The van der Waals surface area contributed by atoms with Crippen molar-refractivity contribution in [3.8, 4) is 0 Å². The predicted octanol–water partition coefficient (Wildman–Crippen LogP) is 2.89. The van der Waals surface area contributed by atoms with Crippen LogP contribution in [0.4, 0.5) is 5.69 Å². The summed E-state index contributed by atoms with van der Waals surface area (Å²) in [5, 5.41) is 6.68. The molecule has 0 aliphatic rings. The van der Waals surface area contributed by atoms with Crippen molar-refractivity contribution < 1.29 is 0 Å². The summed E-state index contributed by atoms with van der Waals surface area (Å²) >= 11 is 0. The maximum atomic E-state index is 4.50. The van der Waals surface area contributed by atoms with Crippen LogP contribution >= 0.6 is 0 Å². The fourth-order valence-electron chi connectivity index (χ4n) is 2.70. The molecule has 0 unspecified atom stereocenters. The summed E-state index contributed by atoms with van der Waals surface area (Å²) in [6.45, 7) is 9.69. The topological polar surface area (TPSA) is 52.5 Å². The summed E-state index contributed by atoms with van der Waals surface area (Å²) in [5.74, 6) is 0.795. The Hall–Kier alpha value is -2.56. The highest BCUT2D eigenvalue weighted by Gasteiger charge is 2.05. The Morgan fingerprint density at radius 3 is 2.60 bits per heavy atom. The molecule has 0 aliphatic heterocycles. The first-order chi connectivity index (χ1) is 12.1. The van der Waals surface area contributed by atoms with Crippen molar-refractivity contribution in [3.63, 3.8) is 0 Å². The second kappa shape index (κ2) is 9.67. The lowest BCUT2D eigenvalue weighted by Crippen LogP contribution is -2.41. The SMILES string of the molecule is CCN(CCNC(=NC)NCc1cccc(C)n1)c1cccc(C)c1. The molecule has 0 atom stereocenters. The Labute approximate surface area is 151 Å². The minimum absolute atomic E-state index is 0.663. The van der Waals surface area contributed by atoms with Crippen LogP contribution in [0, 0.1) is 13.8 Å². The number of anilines is 1. The zero-order valence-electron chi connectivity index (χ0n) is 15.7. The lowest BCUT2D eigenvalue weighted by atomic mass is 10.2. The minimum Gasteiger partial charge on any atom is -0.370 e. The number of pyridine rings is 1. The van der Waals surface area contributed by atoms with Crippen LogP contribution in [0.25, 0.3) is 0 Å². The summed E-state index contributed by atoms with van der Waals surface area (Å²) in [7, 11) is 1.79. The monoisotopic (exact) mass is 339 g/mol. The van der Waals surface area contributed by atoms with Gasteiger partial charge in [-0.25, -0.2) is 0 Å². The molecule has 5 nitrogen and oxygen atoms in total. The molecule has 2 N–H and O–H groups in total. The molecule has 0 spiro atoms. The first-order valence-electron chi connectivity index (χ1n) is 8.81. The number of aromatic nitrogens is 1. The predicted molar refractivity (Wildman–Crippen MR) is 106 cm³/mol. The quantitative estimate of drug-likeness (QED) is 0.602. The molecule has 0 amide bonds. The summed E-state index contributed by atoms with van der Waals surface area (Å²) in [6, 6.07) is 14.7. The van der Waals surface area contributed by atoms with E-state index in [1.165, 1.54) is 11.3 Å². The van der Waals surface area contributed by atoms with Gasteiger partial charge in [0.1, 0.15) is 0 Å². The molecule has 0 bridgehead atoms. The van der Waals surface area contributed by atoms with Crippen molar-refractivity contribution in [2.75, 3.05) is 31.6 Å². The van der Waals surface area contributed by atoms with Crippen LogP contribution in [0.1, 0.15) is 23.9 Å². The number of nitrogens with one attached hydrogen (secondary N) is 2. The van der Waals surface area contributed by atoms with Crippen molar-refractivity contribution >= 4 is 11.6 Å². The Morgan fingerprint density at radius 1 is 1.12 bits per heavy atom. The van der Waals surface area contributed by atoms with E-state index < -0.39 is 0 Å². The number of aliphatic imine (C=N–C) groups is 1. The molecule has 2 rings (SSSR count). The van der Waals surface area contributed by atoms with E-state index in [1.54, 1.807) is 7.05 Å². The van der Waals surface area contributed by atoms with E-state index in [4.69, 9.17) is 0 Å². The van der Waals surface area contributed by atoms with Gasteiger partial charge in [0, 0.05) is 38.1 Å². The summed E-state index contributed by atoms with van der Waals surface area (Å²) < 4.78 is 0. The molecule has 0 saturated heterocycles. The number of benzene rings is 1. The van der Waals surface area contributed by atoms with Crippen LogP contribution in [0.5, 0.6) is 0 Å². The number of guanidine groups is 1. The van der Waals surface area contributed by atoms with Gasteiger partial charge in [-0.3, -0.25) is 9.98 Å². The van der Waals surface area contributed by atoms with E-state index in [0.717, 1.165) is 37.0 Å². The Balaban J connectivity index is 1.81. The van der Waals surface area contributed by atoms with Gasteiger partial charge in [-0.05, 0) is 50.6 Å². The Bertz CT molecular complexity index is 696. The van der Waals surface area contributed by atoms with Crippen molar-refractivity contribution in [2.45, 2.75) is 27.3 Å². The number of hydrogen-bond acceptors (Lipinski definition) is 3. The third-order valence-corrected chi connectivity index (χ3v) is 4.03. The highest BCUT2D eigenvalue weighted by molar-refractivity contribution is 5.79. The largest absolute Gasteiger partial charge is 0.370 e. The molecular formula is C20H29N5. The molecule has 1 aromatic carbocycles. The lowest BCUT2D eigenvalue weighted by molar-refractivity contribution is 0.745. The van der Waals surface area contributed by atoms with Gasteiger partial charge in [-0.2, -0.15) is 0 Å². The first kappa shape index (κ1) is 18.8. The van der Waals surface area contributed by atoms with Crippen LogP contribution in [-0.4, -0.2) is 37.6 Å². The van der Waals surface area contributed by atoms with Crippen LogP contribution in [0.3, 0.4) is 0 Å². The van der Waals surface area contributed by atoms with Gasteiger partial charge >= 0.3 is 0 Å². The number of rotatable bonds is 7. The molecule has 0 saturated carbocycles. The lowest BCUT2D eigenvalue weighted by Gasteiger charge is -2.24. The van der Waals surface area contributed by atoms with Crippen LogP contribution in [0.2, 0.25) is 0 Å². The zero-order chi connectivity index (χ0) is 18.1. The summed E-state index contributed by atoms with van der Waals surface area (Å²) in [4.78, 5) is 11.1. The van der Waals surface area contributed by atoms with Gasteiger partial charge in [0.2, 0.25) is 0 Å². The van der Waals surface area contributed by atoms with Gasteiger partial charge in [0.15, 0.2) is 5.96 Å². The normalized spacial score (nSPS) is 11.3. The van der Waals surface area contributed by atoms with Gasteiger partial charge in [0.05, 0.1) is 12.2 Å². The van der Waals surface area contributed by atoms with Crippen LogP contribution in [0.15, 0.2) is 47.5 Å². The molecule has 1 heterocycles. The molecule has 1 aromatic heterocycles. The van der Waals surface area contributed by atoms with E-state index in [9.17, 15) is 0 Å².